The molecule has 1 aromatic carbocycles. The molecule has 0 radical (unpaired) electrons. The lowest BCUT2D eigenvalue weighted by Crippen LogP contribution is -2.21. The van der Waals surface area contributed by atoms with Gasteiger partial charge in [-0.05, 0) is 42.4 Å². The van der Waals surface area contributed by atoms with Crippen molar-refractivity contribution in [3.05, 3.63) is 28.2 Å². The number of nitrogens with one attached hydrogen (secondary N) is 1. The van der Waals surface area contributed by atoms with Crippen molar-refractivity contribution in [1.82, 2.24) is 0 Å². The van der Waals surface area contributed by atoms with Crippen molar-refractivity contribution in [2.24, 2.45) is 11.3 Å². The molecule has 0 amide bonds. The SMILES string of the molecule is CC(C)C1(CNc2ccc(Br)cc2C(=O)O)CC1. The number of benzene rings is 1. The van der Waals surface area contributed by atoms with E-state index < -0.39 is 5.97 Å². The highest BCUT2D eigenvalue weighted by Gasteiger charge is 2.44. The molecule has 0 bridgehead atoms. The molecule has 3 nitrogen and oxygen atoms in total. The summed E-state index contributed by atoms with van der Waals surface area (Å²) in [5.74, 6) is -0.262. The maximum absolute atomic E-state index is 11.2. The number of hydrogen-bond acceptors (Lipinski definition) is 2. The Hall–Kier alpha value is -1.03. The van der Waals surface area contributed by atoms with Crippen LogP contribution in [0.5, 0.6) is 0 Å². The zero-order valence-corrected chi connectivity index (χ0v) is 12.3. The Morgan fingerprint density at radius 3 is 2.67 bits per heavy atom. The lowest BCUT2D eigenvalue weighted by Gasteiger charge is -2.21. The van der Waals surface area contributed by atoms with Gasteiger partial charge in [0, 0.05) is 16.7 Å². The van der Waals surface area contributed by atoms with Crippen LogP contribution in [0.2, 0.25) is 0 Å². The van der Waals surface area contributed by atoms with Crippen LogP contribution in [0.3, 0.4) is 0 Å². The summed E-state index contributed by atoms with van der Waals surface area (Å²) in [6.07, 6.45) is 2.47. The van der Waals surface area contributed by atoms with E-state index in [1.165, 1.54) is 12.8 Å². The number of hydrogen-bond donors (Lipinski definition) is 2. The van der Waals surface area contributed by atoms with Crippen LogP contribution in [0.15, 0.2) is 22.7 Å². The van der Waals surface area contributed by atoms with Gasteiger partial charge in [0.05, 0.1) is 5.56 Å². The predicted molar refractivity (Wildman–Crippen MR) is 76.1 cm³/mol. The molecular weight excluding hydrogens is 294 g/mol. The van der Waals surface area contributed by atoms with Gasteiger partial charge in [0.2, 0.25) is 0 Å². The molecule has 2 rings (SSSR count). The molecular formula is C14H18BrNO2. The number of carbonyl (C=O) groups is 1. The largest absolute Gasteiger partial charge is 0.478 e. The van der Waals surface area contributed by atoms with E-state index in [-0.39, 0.29) is 0 Å². The van der Waals surface area contributed by atoms with E-state index in [9.17, 15) is 9.90 Å². The molecule has 4 heteroatoms. The van der Waals surface area contributed by atoms with Crippen LogP contribution < -0.4 is 5.32 Å². The Bertz CT molecular complexity index is 467. The van der Waals surface area contributed by atoms with E-state index in [0.29, 0.717) is 22.6 Å². The molecule has 98 valence electrons. The summed E-state index contributed by atoms with van der Waals surface area (Å²) in [5, 5.41) is 12.5. The summed E-state index contributed by atoms with van der Waals surface area (Å²) in [7, 11) is 0. The van der Waals surface area contributed by atoms with Gasteiger partial charge < -0.3 is 10.4 Å². The lowest BCUT2D eigenvalue weighted by molar-refractivity contribution is 0.0698. The second kappa shape index (κ2) is 4.92. The summed E-state index contributed by atoms with van der Waals surface area (Å²) in [6, 6.07) is 5.33. The summed E-state index contributed by atoms with van der Waals surface area (Å²) < 4.78 is 0.787. The quantitative estimate of drug-likeness (QED) is 0.864. The number of anilines is 1. The van der Waals surface area contributed by atoms with Crippen LogP contribution in [0.1, 0.15) is 37.0 Å². The fraction of sp³-hybridized carbons (Fsp3) is 0.500. The Morgan fingerprint density at radius 2 is 2.17 bits per heavy atom. The first-order valence-electron chi connectivity index (χ1n) is 6.21. The van der Waals surface area contributed by atoms with E-state index in [0.717, 1.165) is 11.0 Å². The molecule has 2 N–H and O–H groups in total. The summed E-state index contributed by atoms with van der Waals surface area (Å²) in [6.45, 7) is 5.31. The first-order chi connectivity index (χ1) is 8.44. The van der Waals surface area contributed by atoms with Crippen molar-refractivity contribution in [3.8, 4) is 0 Å². The fourth-order valence-corrected chi connectivity index (χ4v) is 2.60. The molecule has 1 aromatic rings. The Kier molecular flexibility index (Phi) is 3.66. The van der Waals surface area contributed by atoms with Gasteiger partial charge in [0.15, 0.2) is 0 Å². The monoisotopic (exact) mass is 311 g/mol. The summed E-state index contributed by atoms with van der Waals surface area (Å²) in [4.78, 5) is 11.2. The Labute approximate surface area is 116 Å². The third-order valence-electron chi connectivity index (χ3n) is 3.96. The molecule has 0 aromatic heterocycles. The highest BCUT2D eigenvalue weighted by atomic mass is 79.9. The van der Waals surface area contributed by atoms with Crippen LogP contribution in [0.25, 0.3) is 0 Å². The summed E-state index contributed by atoms with van der Waals surface area (Å²) in [5.41, 5.74) is 1.39. The minimum atomic E-state index is -0.895. The van der Waals surface area contributed by atoms with Crippen LogP contribution in [0.4, 0.5) is 5.69 Å². The van der Waals surface area contributed by atoms with E-state index in [2.05, 4.69) is 35.1 Å². The highest BCUT2D eigenvalue weighted by Crippen LogP contribution is 2.51. The number of aromatic carboxylic acids is 1. The number of carboxylic acid groups (broad SMARTS) is 1. The zero-order valence-electron chi connectivity index (χ0n) is 10.7. The van der Waals surface area contributed by atoms with Crippen molar-refractivity contribution in [3.63, 3.8) is 0 Å². The molecule has 0 saturated heterocycles. The van der Waals surface area contributed by atoms with Crippen LogP contribution in [-0.4, -0.2) is 17.6 Å². The molecule has 0 spiro atoms. The van der Waals surface area contributed by atoms with Crippen molar-refractivity contribution in [2.45, 2.75) is 26.7 Å². The third kappa shape index (κ3) is 2.69. The van der Waals surface area contributed by atoms with Gasteiger partial charge in [-0.1, -0.05) is 29.8 Å². The van der Waals surface area contributed by atoms with Gasteiger partial charge in [-0.2, -0.15) is 0 Å². The molecule has 1 saturated carbocycles. The molecule has 18 heavy (non-hydrogen) atoms. The first kappa shape index (κ1) is 13.4. The zero-order chi connectivity index (χ0) is 13.3. The topological polar surface area (TPSA) is 49.3 Å². The van der Waals surface area contributed by atoms with Gasteiger partial charge in [0.1, 0.15) is 0 Å². The number of rotatable bonds is 5. The summed E-state index contributed by atoms with van der Waals surface area (Å²) >= 11 is 3.30. The molecule has 0 unspecified atom stereocenters. The molecule has 0 atom stereocenters. The van der Waals surface area contributed by atoms with Gasteiger partial charge in [-0.3, -0.25) is 0 Å². The maximum Gasteiger partial charge on any atom is 0.337 e. The smallest absolute Gasteiger partial charge is 0.337 e. The van der Waals surface area contributed by atoms with Gasteiger partial charge in [0.25, 0.3) is 0 Å². The standard InChI is InChI=1S/C14H18BrNO2/c1-9(2)14(5-6-14)8-16-12-4-3-10(15)7-11(12)13(17)18/h3-4,7,9,16H,5-6,8H2,1-2H3,(H,17,18). The van der Waals surface area contributed by atoms with Crippen LogP contribution >= 0.6 is 15.9 Å². The van der Waals surface area contributed by atoms with Crippen LogP contribution in [0, 0.1) is 11.3 Å². The number of carboxylic acids is 1. The first-order valence-corrected chi connectivity index (χ1v) is 7.01. The minimum Gasteiger partial charge on any atom is -0.478 e. The normalized spacial score (nSPS) is 16.7. The second-order valence-corrected chi connectivity index (χ2v) is 6.28. The van der Waals surface area contributed by atoms with E-state index >= 15 is 0 Å². The average molecular weight is 312 g/mol. The average Bonchev–Trinajstić information content (AvgIpc) is 3.08. The minimum absolute atomic E-state index is 0.323. The van der Waals surface area contributed by atoms with E-state index in [1.807, 2.05) is 12.1 Å². The lowest BCUT2D eigenvalue weighted by atomic mass is 9.92. The molecule has 1 fully saturated rings. The highest BCUT2D eigenvalue weighted by molar-refractivity contribution is 9.10. The van der Waals surface area contributed by atoms with Gasteiger partial charge >= 0.3 is 5.97 Å². The van der Waals surface area contributed by atoms with Crippen molar-refractivity contribution < 1.29 is 9.90 Å². The van der Waals surface area contributed by atoms with Gasteiger partial charge in [-0.15, -0.1) is 0 Å². The van der Waals surface area contributed by atoms with Gasteiger partial charge in [-0.25, -0.2) is 4.79 Å². The predicted octanol–water partition coefficient (Wildman–Crippen LogP) is 4.00. The van der Waals surface area contributed by atoms with Crippen molar-refractivity contribution in [1.29, 1.82) is 0 Å². The second-order valence-electron chi connectivity index (χ2n) is 5.37. The maximum atomic E-state index is 11.2. The molecule has 1 aliphatic rings. The Morgan fingerprint density at radius 1 is 1.50 bits per heavy atom. The third-order valence-corrected chi connectivity index (χ3v) is 4.45. The van der Waals surface area contributed by atoms with Crippen molar-refractivity contribution in [2.75, 3.05) is 11.9 Å². The van der Waals surface area contributed by atoms with Crippen molar-refractivity contribution >= 4 is 27.6 Å². The molecule has 0 heterocycles. The molecule has 1 aliphatic carbocycles. The fourth-order valence-electron chi connectivity index (χ4n) is 2.24. The Balaban J connectivity index is 2.12. The van der Waals surface area contributed by atoms with E-state index in [1.54, 1.807) is 6.07 Å². The number of halogens is 1. The molecule has 0 aliphatic heterocycles. The van der Waals surface area contributed by atoms with Crippen LogP contribution in [-0.2, 0) is 0 Å². The van der Waals surface area contributed by atoms with E-state index in [4.69, 9.17) is 0 Å².